The normalized spacial score (nSPS) is 21.7. The Morgan fingerprint density at radius 1 is 1.35 bits per heavy atom. The highest BCUT2D eigenvalue weighted by atomic mass is 19.3. The van der Waals surface area contributed by atoms with Crippen molar-refractivity contribution in [3.63, 3.8) is 0 Å². The van der Waals surface area contributed by atoms with E-state index in [1.807, 2.05) is 11.8 Å². The van der Waals surface area contributed by atoms with E-state index in [0.29, 0.717) is 34.1 Å². The summed E-state index contributed by atoms with van der Waals surface area (Å²) in [5, 5.41) is 3.87. The number of nitrogens with zero attached hydrogens (tertiary/aromatic N) is 3. The molecule has 6 heteroatoms. The summed E-state index contributed by atoms with van der Waals surface area (Å²) in [6, 6.07) is 0.270. The molecular weight excluding hydrogens is 300 g/mol. The molecule has 0 spiro atoms. The minimum absolute atomic E-state index is 0.0197. The average molecular weight is 327 g/mol. The van der Waals surface area contributed by atoms with Crippen LogP contribution in [-0.2, 0) is 11.2 Å². The van der Waals surface area contributed by atoms with E-state index in [0.717, 1.165) is 19.3 Å². The van der Waals surface area contributed by atoms with Gasteiger partial charge in [0.05, 0.1) is 12.1 Å². The zero-order chi connectivity index (χ0) is 17.1. The Morgan fingerprint density at radius 2 is 2.00 bits per heavy atom. The third kappa shape index (κ3) is 3.72. The van der Waals surface area contributed by atoms with Crippen LogP contribution in [0.15, 0.2) is 0 Å². The van der Waals surface area contributed by atoms with Gasteiger partial charge in [-0.1, -0.05) is 19.8 Å². The van der Waals surface area contributed by atoms with E-state index >= 15 is 0 Å². The van der Waals surface area contributed by atoms with E-state index in [9.17, 15) is 13.6 Å². The Labute approximate surface area is 136 Å². The van der Waals surface area contributed by atoms with Gasteiger partial charge in [-0.05, 0) is 39.5 Å². The lowest BCUT2D eigenvalue weighted by atomic mass is 9.84. The minimum atomic E-state index is -2.67. The molecule has 1 aliphatic carbocycles. The number of alkyl halides is 2. The summed E-state index contributed by atoms with van der Waals surface area (Å²) in [6.07, 6.45) is 4.72. The van der Waals surface area contributed by atoms with Gasteiger partial charge in [-0.15, -0.1) is 0 Å². The first-order valence-corrected chi connectivity index (χ1v) is 8.49. The summed E-state index contributed by atoms with van der Waals surface area (Å²) in [5.74, 6) is 0.518. The minimum Gasteiger partial charge on any atom is -0.339 e. The van der Waals surface area contributed by atoms with E-state index in [2.05, 4.69) is 12.0 Å². The smallest absolute Gasteiger partial charge is 0.333 e. The highest BCUT2D eigenvalue weighted by Crippen LogP contribution is 2.29. The predicted octanol–water partition coefficient (Wildman–Crippen LogP) is 3.86. The van der Waals surface area contributed by atoms with Crippen molar-refractivity contribution in [2.45, 2.75) is 72.4 Å². The number of likely N-dealkylation sites (N-methyl/N-ethyl adjacent to an activating group) is 1. The topological polar surface area (TPSA) is 38.1 Å². The van der Waals surface area contributed by atoms with Gasteiger partial charge in [0.15, 0.2) is 0 Å². The van der Waals surface area contributed by atoms with Crippen LogP contribution >= 0.6 is 0 Å². The van der Waals surface area contributed by atoms with Crippen molar-refractivity contribution >= 4 is 5.91 Å². The van der Waals surface area contributed by atoms with Gasteiger partial charge in [-0.2, -0.15) is 13.9 Å². The second-order valence-corrected chi connectivity index (χ2v) is 6.56. The van der Waals surface area contributed by atoms with Gasteiger partial charge in [0.1, 0.15) is 0 Å². The molecule has 0 saturated heterocycles. The van der Waals surface area contributed by atoms with Crippen LogP contribution in [0.2, 0.25) is 0 Å². The third-order valence-electron chi connectivity index (χ3n) is 5.12. The fourth-order valence-electron chi connectivity index (χ4n) is 3.75. The lowest BCUT2D eigenvalue weighted by Crippen LogP contribution is -2.45. The average Bonchev–Trinajstić information content (AvgIpc) is 2.78. The molecule has 130 valence electrons. The van der Waals surface area contributed by atoms with Crippen LogP contribution in [0.25, 0.3) is 0 Å². The summed E-state index contributed by atoms with van der Waals surface area (Å²) in [6.45, 7) is 5.47. The van der Waals surface area contributed by atoms with Gasteiger partial charge in [0, 0.05) is 23.8 Å². The fraction of sp³-hybridized carbons (Fsp3) is 0.765. The van der Waals surface area contributed by atoms with E-state index in [1.165, 1.54) is 6.42 Å². The van der Waals surface area contributed by atoms with Crippen molar-refractivity contribution in [1.82, 2.24) is 14.7 Å². The largest absolute Gasteiger partial charge is 0.339 e. The first kappa shape index (κ1) is 17.9. The number of carbonyl (C=O) groups is 1. The number of halogens is 2. The fourth-order valence-corrected chi connectivity index (χ4v) is 3.75. The molecule has 2 atom stereocenters. The predicted molar refractivity (Wildman–Crippen MR) is 85.5 cm³/mol. The van der Waals surface area contributed by atoms with Crippen molar-refractivity contribution in [3.8, 4) is 0 Å². The molecule has 0 bridgehead atoms. The van der Waals surface area contributed by atoms with Crippen LogP contribution in [0.5, 0.6) is 0 Å². The SMILES string of the molecule is CCN(C(=O)Cc1c(C)nn(C(F)F)c1C)[C@H]1CCCC[C@@H]1C. The lowest BCUT2D eigenvalue weighted by Gasteiger charge is -2.38. The Bertz CT molecular complexity index is 556. The Morgan fingerprint density at radius 3 is 2.52 bits per heavy atom. The number of rotatable bonds is 5. The zero-order valence-corrected chi connectivity index (χ0v) is 14.5. The van der Waals surface area contributed by atoms with Crippen LogP contribution in [0.1, 0.15) is 63.0 Å². The van der Waals surface area contributed by atoms with Crippen LogP contribution < -0.4 is 0 Å². The Balaban J connectivity index is 2.17. The molecule has 4 nitrogen and oxygen atoms in total. The number of aryl methyl sites for hydroxylation is 1. The summed E-state index contributed by atoms with van der Waals surface area (Å²) in [7, 11) is 0. The molecule has 1 heterocycles. The van der Waals surface area contributed by atoms with Crippen molar-refractivity contribution in [1.29, 1.82) is 0 Å². The van der Waals surface area contributed by atoms with Crippen LogP contribution in [0.4, 0.5) is 8.78 Å². The molecular formula is C17H27F2N3O. The number of aromatic nitrogens is 2. The summed E-state index contributed by atoms with van der Waals surface area (Å²) in [4.78, 5) is 14.7. The summed E-state index contributed by atoms with van der Waals surface area (Å²) in [5.41, 5.74) is 1.54. The summed E-state index contributed by atoms with van der Waals surface area (Å²) >= 11 is 0. The van der Waals surface area contributed by atoms with Gasteiger partial charge in [-0.3, -0.25) is 4.79 Å². The molecule has 1 aromatic heterocycles. The number of hydrogen-bond acceptors (Lipinski definition) is 2. The molecule has 1 saturated carbocycles. The van der Waals surface area contributed by atoms with Crippen molar-refractivity contribution in [2.24, 2.45) is 5.92 Å². The van der Waals surface area contributed by atoms with Gasteiger partial charge < -0.3 is 4.90 Å². The maximum Gasteiger partial charge on any atom is 0.333 e. The second kappa shape index (κ2) is 7.41. The number of hydrogen-bond donors (Lipinski definition) is 0. The van der Waals surface area contributed by atoms with Crippen LogP contribution in [0.3, 0.4) is 0 Å². The molecule has 0 aliphatic heterocycles. The molecule has 1 aliphatic rings. The molecule has 1 fully saturated rings. The quantitative estimate of drug-likeness (QED) is 0.823. The van der Waals surface area contributed by atoms with Crippen LogP contribution in [0, 0.1) is 19.8 Å². The first-order chi connectivity index (χ1) is 10.9. The number of carbonyl (C=O) groups excluding carboxylic acids is 1. The highest BCUT2D eigenvalue weighted by molar-refractivity contribution is 5.79. The van der Waals surface area contributed by atoms with Crippen molar-refractivity contribution in [2.75, 3.05) is 6.54 Å². The van der Waals surface area contributed by atoms with E-state index in [-0.39, 0.29) is 18.4 Å². The molecule has 0 N–H and O–H groups in total. The van der Waals surface area contributed by atoms with Crippen molar-refractivity contribution < 1.29 is 13.6 Å². The van der Waals surface area contributed by atoms with E-state index in [4.69, 9.17) is 0 Å². The van der Waals surface area contributed by atoms with E-state index < -0.39 is 6.55 Å². The summed E-state index contributed by atoms with van der Waals surface area (Å²) < 4.78 is 26.6. The van der Waals surface area contributed by atoms with Crippen molar-refractivity contribution in [3.05, 3.63) is 17.0 Å². The Kier molecular flexibility index (Phi) is 5.76. The molecule has 1 amide bonds. The van der Waals surface area contributed by atoms with Gasteiger partial charge in [0.2, 0.25) is 5.91 Å². The Hall–Kier alpha value is -1.46. The molecule has 2 rings (SSSR count). The maximum absolute atomic E-state index is 12.9. The van der Waals surface area contributed by atoms with Gasteiger partial charge >= 0.3 is 6.55 Å². The van der Waals surface area contributed by atoms with Gasteiger partial charge in [0.25, 0.3) is 0 Å². The van der Waals surface area contributed by atoms with Crippen LogP contribution in [-0.4, -0.2) is 33.2 Å². The second-order valence-electron chi connectivity index (χ2n) is 6.56. The third-order valence-corrected chi connectivity index (χ3v) is 5.12. The van der Waals surface area contributed by atoms with Gasteiger partial charge in [-0.25, -0.2) is 4.68 Å². The van der Waals surface area contributed by atoms with E-state index in [1.54, 1.807) is 13.8 Å². The monoisotopic (exact) mass is 327 g/mol. The number of amides is 1. The molecule has 0 aromatic carbocycles. The molecule has 23 heavy (non-hydrogen) atoms. The maximum atomic E-state index is 12.9. The molecule has 1 aromatic rings. The first-order valence-electron chi connectivity index (χ1n) is 8.49. The lowest BCUT2D eigenvalue weighted by molar-refractivity contribution is -0.134. The highest BCUT2D eigenvalue weighted by Gasteiger charge is 2.30. The zero-order valence-electron chi connectivity index (χ0n) is 14.5. The standard InChI is InChI=1S/C17H27F2N3O/c1-5-21(15-9-7-6-8-11(15)2)16(23)10-14-12(3)20-22(13(14)4)17(18)19/h11,15,17H,5-10H2,1-4H3/t11-,15-/m0/s1. The molecule has 0 unspecified atom stereocenters. The molecule has 0 radical (unpaired) electrons.